The second-order valence-corrected chi connectivity index (χ2v) is 5.31. The number of halogens is 2. The van der Waals surface area contributed by atoms with Crippen LogP contribution in [0.25, 0.3) is 0 Å². The summed E-state index contributed by atoms with van der Waals surface area (Å²) in [6.45, 7) is 1.88. The van der Waals surface area contributed by atoms with Gasteiger partial charge in [-0.1, -0.05) is 30.3 Å². The van der Waals surface area contributed by atoms with E-state index in [4.69, 9.17) is 5.73 Å². The first-order chi connectivity index (χ1) is 9.49. The Balaban J connectivity index is 2.19. The second kappa shape index (κ2) is 6.05. The van der Waals surface area contributed by atoms with Crippen molar-refractivity contribution in [1.82, 2.24) is 5.32 Å². The summed E-state index contributed by atoms with van der Waals surface area (Å²) in [7, 11) is 0. The molecule has 2 rings (SSSR count). The molecule has 0 spiro atoms. The van der Waals surface area contributed by atoms with E-state index in [2.05, 4.69) is 21.2 Å². The molecule has 1 atom stereocenters. The summed E-state index contributed by atoms with van der Waals surface area (Å²) >= 11 is 3.17. The lowest BCUT2D eigenvalue weighted by Gasteiger charge is -2.15. The average Bonchev–Trinajstić information content (AvgIpc) is 2.43. The summed E-state index contributed by atoms with van der Waals surface area (Å²) in [5, 5.41) is 2.85. The van der Waals surface area contributed by atoms with Crippen LogP contribution in [-0.4, -0.2) is 5.91 Å². The predicted octanol–water partition coefficient (Wildman–Crippen LogP) is 3.66. The Labute approximate surface area is 125 Å². The Morgan fingerprint density at radius 3 is 2.60 bits per heavy atom. The molecule has 1 amide bonds. The van der Waals surface area contributed by atoms with Crippen LogP contribution < -0.4 is 11.1 Å². The number of carbonyl (C=O) groups excluding carboxylic acids is 1. The molecule has 0 aliphatic carbocycles. The zero-order valence-electron chi connectivity index (χ0n) is 10.9. The van der Waals surface area contributed by atoms with Gasteiger partial charge in [0.05, 0.1) is 17.3 Å². The molecular weight excluding hydrogens is 323 g/mol. The molecule has 0 radical (unpaired) electrons. The molecule has 5 heteroatoms. The van der Waals surface area contributed by atoms with Crippen molar-refractivity contribution in [3.8, 4) is 0 Å². The summed E-state index contributed by atoms with van der Waals surface area (Å²) in [5.74, 6) is -0.857. The lowest BCUT2D eigenvalue weighted by atomic mass is 10.1. The average molecular weight is 337 g/mol. The number of amides is 1. The molecule has 0 saturated heterocycles. The van der Waals surface area contributed by atoms with Crippen molar-refractivity contribution < 1.29 is 9.18 Å². The van der Waals surface area contributed by atoms with Crippen molar-refractivity contribution in [3.63, 3.8) is 0 Å². The van der Waals surface area contributed by atoms with Gasteiger partial charge < -0.3 is 11.1 Å². The van der Waals surface area contributed by atoms with Gasteiger partial charge in [0.2, 0.25) is 0 Å². The third-order valence-electron chi connectivity index (χ3n) is 2.98. The summed E-state index contributed by atoms with van der Waals surface area (Å²) in [4.78, 5) is 12.2. The number of hydrogen-bond acceptors (Lipinski definition) is 2. The maximum absolute atomic E-state index is 13.3. The van der Waals surface area contributed by atoms with E-state index in [1.54, 1.807) is 0 Å². The molecule has 2 aromatic carbocycles. The van der Waals surface area contributed by atoms with Gasteiger partial charge in [-0.25, -0.2) is 4.39 Å². The molecule has 3 nitrogen and oxygen atoms in total. The number of carbonyl (C=O) groups is 1. The molecule has 0 saturated carbocycles. The molecule has 0 aliphatic rings. The first kappa shape index (κ1) is 14.5. The lowest BCUT2D eigenvalue weighted by Crippen LogP contribution is -2.27. The normalized spacial score (nSPS) is 11.9. The zero-order valence-corrected chi connectivity index (χ0v) is 12.4. The van der Waals surface area contributed by atoms with Gasteiger partial charge in [0.25, 0.3) is 5.91 Å². The fraction of sp³-hybridized carbons (Fsp3) is 0.133. The molecule has 0 heterocycles. The summed E-state index contributed by atoms with van der Waals surface area (Å²) in [6, 6.07) is 12.0. The Morgan fingerprint density at radius 2 is 1.95 bits per heavy atom. The van der Waals surface area contributed by atoms with Crippen LogP contribution in [0.5, 0.6) is 0 Å². The third kappa shape index (κ3) is 3.17. The topological polar surface area (TPSA) is 55.1 Å². The lowest BCUT2D eigenvalue weighted by molar-refractivity contribution is 0.0939. The molecule has 104 valence electrons. The van der Waals surface area contributed by atoms with Crippen LogP contribution in [-0.2, 0) is 0 Å². The number of nitrogen functional groups attached to an aromatic ring is 1. The minimum Gasteiger partial charge on any atom is -0.396 e. The van der Waals surface area contributed by atoms with Crippen molar-refractivity contribution in [3.05, 3.63) is 63.9 Å². The van der Waals surface area contributed by atoms with E-state index in [-0.39, 0.29) is 17.6 Å². The maximum Gasteiger partial charge on any atom is 0.252 e. The van der Waals surface area contributed by atoms with E-state index in [0.717, 1.165) is 5.56 Å². The molecule has 2 aromatic rings. The van der Waals surface area contributed by atoms with E-state index in [1.807, 2.05) is 37.3 Å². The van der Waals surface area contributed by atoms with Crippen LogP contribution in [0.2, 0.25) is 0 Å². The van der Waals surface area contributed by atoms with Gasteiger partial charge in [-0.3, -0.25) is 4.79 Å². The molecule has 0 fully saturated rings. The highest BCUT2D eigenvalue weighted by atomic mass is 79.9. The highest BCUT2D eigenvalue weighted by Gasteiger charge is 2.16. The van der Waals surface area contributed by atoms with Crippen LogP contribution in [0.1, 0.15) is 28.9 Å². The summed E-state index contributed by atoms with van der Waals surface area (Å²) < 4.78 is 13.6. The van der Waals surface area contributed by atoms with E-state index in [9.17, 15) is 9.18 Å². The Hall–Kier alpha value is -1.88. The zero-order chi connectivity index (χ0) is 14.7. The number of nitrogens with two attached hydrogens (primary N) is 1. The first-order valence-corrected chi connectivity index (χ1v) is 6.88. The standard InChI is InChI=1S/C15H14BrFN2O/c1-9(10-5-3-2-4-6-10)19-15(20)11-7-14(18)13(17)8-12(11)16/h2-9H,18H2,1H3,(H,19,20)/t9-/m0/s1. The molecule has 20 heavy (non-hydrogen) atoms. The molecule has 0 aromatic heterocycles. The Kier molecular flexibility index (Phi) is 4.39. The van der Waals surface area contributed by atoms with E-state index in [0.29, 0.717) is 10.0 Å². The largest absolute Gasteiger partial charge is 0.396 e. The van der Waals surface area contributed by atoms with Crippen LogP contribution in [0.3, 0.4) is 0 Å². The second-order valence-electron chi connectivity index (χ2n) is 4.46. The molecular formula is C15H14BrFN2O. The molecule has 0 bridgehead atoms. The quantitative estimate of drug-likeness (QED) is 0.840. The van der Waals surface area contributed by atoms with E-state index >= 15 is 0 Å². The Bertz CT molecular complexity index is 631. The van der Waals surface area contributed by atoms with Crippen LogP contribution in [0, 0.1) is 5.82 Å². The fourth-order valence-corrected chi connectivity index (χ4v) is 2.33. The first-order valence-electron chi connectivity index (χ1n) is 6.09. The number of anilines is 1. The minimum absolute atomic E-state index is 0.0503. The third-order valence-corrected chi connectivity index (χ3v) is 3.63. The van der Waals surface area contributed by atoms with Crippen molar-refractivity contribution >= 4 is 27.5 Å². The smallest absolute Gasteiger partial charge is 0.252 e. The van der Waals surface area contributed by atoms with Crippen LogP contribution in [0.15, 0.2) is 46.9 Å². The summed E-state index contributed by atoms with van der Waals surface area (Å²) in [5.41, 5.74) is 6.75. The van der Waals surface area contributed by atoms with Crippen LogP contribution >= 0.6 is 15.9 Å². The van der Waals surface area contributed by atoms with Crippen LogP contribution in [0.4, 0.5) is 10.1 Å². The van der Waals surface area contributed by atoms with E-state index in [1.165, 1.54) is 12.1 Å². The summed E-state index contributed by atoms with van der Waals surface area (Å²) in [6.07, 6.45) is 0. The van der Waals surface area contributed by atoms with Crippen molar-refractivity contribution in [1.29, 1.82) is 0 Å². The van der Waals surface area contributed by atoms with Crippen molar-refractivity contribution in [2.45, 2.75) is 13.0 Å². The van der Waals surface area contributed by atoms with Gasteiger partial charge in [0.1, 0.15) is 5.82 Å². The van der Waals surface area contributed by atoms with Gasteiger partial charge in [0, 0.05) is 4.47 Å². The molecule has 0 unspecified atom stereocenters. The molecule has 3 N–H and O–H groups in total. The fourth-order valence-electron chi connectivity index (χ4n) is 1.84. The van der Waals surface area contributed by atoms with Gasteiger partial charge in [-0.2, -0.15) is 0 Å². The number of hydrogen-bond donors (Lipinski definition) is 2. The molecule has 0 aliphatic heterocycles. The minimum atomic E-state index is -0.551. The highest BCUT2D eigenvalue weighted by Crippen LogP contribution is 2.23. The van der Waals surface area contributed by atoms with Crippen molar-refractivity contribution in [2.24, 2.45) is 0 Å². The maximum atomic E-state index is 13.3. The number of benzene rings is 2. The van der Waals surface area contributed by atoms with Gasteiger partial charge in [0.15, 0.2) is 0 Å². The number of nitrogens with one attached hydrogen (secondary N) is 1. The van der Waals surface area contributed by atoms with Crippen molar-refractivity contribution in [2.75, 3.05) is 5.73 Å². The SMILES string of the molecule is C[C@H](NC(=O)c1cc(N)c(F)cc1Br)c1ccccc1. The number of rotatable bonds is 3. The highest BCUT2D eigenvalue weighted by molar-refractivity contribution is 9.10. The van der Waals surface area contributed by atoms with Gasteiger partial charge >= 0.3 is 0 Å². The van der Waals surface area contributed by atoms with Gasteiger partial charge in [-0.15, -0.1) is 0 Å². The van der Waals surface area contributed by atoms with E-state index < -0.39 is 5.82 Å². The Morgan fingerprint density at radius 1 is 1.30 bits per heavy atom. The monoisotopic (exact) mass is 336 g/mol. The predicted molar refractivity (Wildman–Crippen MR) is 80.8 cm³/mol. The van der Waals surface area contributed by atoms with Gasteiger partial charge in [-0.05, 0) is 40.5 Å².